The minimum atomic E-state index is -0.187. The van der Waals surface area contributed by atoms with Gasteiger partial charge in [-0.2, -0.15) is 0 Å². The topological polar surface area (TPSA) is 47.6 Å². The maximum absolute atomic E-state index is 12.1. The van der Waals surface area contributed by atoms with E-state index in [-0.39, 0.29) is 12.5 Å². The van der Waals surface area contributed by atoms with Crippen molar-refractivity contribution >= 4 is 11.6 Å². The Bertz CT molecular complexity index is 860. The second-order valence-corrected chi connectivity index (χ2v) is 6.14. The summed E-state index contributed by atoms with van der Waals surface area (Å²) in [5, 5.41) is 2.85. The molecule has 0 radical (unpaired) electrons. The van der Waals surface area contributed by atoms with Crippen LogP contribution in [-0.2, 0) is 17.8 Å². The lowest BCUT2D eigenvalue weighted by atomic mass is 10.1. The van der Waals surface area contributed by atoms with Gasteiger partial charge in [0, 0.05) is 5.69 Å². The molecule has 0 spiro atoms. The second kappa shape index (κ2) is 9.43. The van der Waals surface area contributed by atoms with E-state index in [4.69, 9.17) is 9.47 Å². The number of ether oxygens (including phenoxy) is 2. The van der Waals surface area contributed by atoms with Crippen LogP contribution in [0, 0.1) is 0 Å². The summed E-state index contributed by atoms with van der Waals surface area (Å²) in [6.45, 7) is 2.55. The zero-order chi connectivity index (χ0) is 18.9. The Morgan fingerprint density at radius 3 is 2.19 bits per heavy atom. The van der Waals surface area contributed by atoms with E-state index in [0.29, 0.717) is 12.4 Å². The summed E-state index contributed by atoms with van der Waals surface area (Å²) in [4.78, 5) is 12.1. The van der Waals surface area contributed by atoms with Crippen molar-refractivity contribution in [2.75, 3.05) is 11.9 Å². The molecule has 0 bridgehead atoms. The fourth-order valence-electron chi connectivity index (χ4n) is 2.59. The molecule has 0 unspecified atom stereocenters. The van der Waals surface area contributed by atoms with Gasteiger partial charge in [0.15, 0.2) is 6.61 Å². The van der Waals surface area contributed by atoms with Crippen LogP contribution in [0.25, 0.3) is 0 Å². The van der Waals surface area contributed by atoms with Gasteiger partial charge >= 0.3 is 0 Å². The molecule has 4 heteroatoms. The molecule has 3 rings (SSSR count). The van der Waals surface area contributed by atoms with Gasteiger partial charge in [0.05, 0.1) is 0 Å². The van der Waals surface area contributed by atoms with E-state index in [1.807, 2.05) is 66.7 Å². The van der Waals surface area contributed by atoms with Crippen molar-refractivity contribution in [3.8, 4) is 11.5 Å². The number of hydrogen-bond donors (Lipinski definition) is 1. The molecule has 4 nitrogen and oxygen atoms in total. The molecule has 27 heavy (non-hydrogen) atoms. The van der Waals surface area contributed by atoms with Crippen LogP contribution in [0.2, 0.25) is 0 Å². The van der Waals surface area contributed by atoms with Crippen molar-refractivity contribution in [1.82, 2.24) is 0 Å². The van der Waals surface area contributed by atoms with Gasteiger partial charge in [0.2, 0.25) is 0 Å². The Hall–Kier alpha value is -3.27. The Morgan fingerprint density at radius 1 is 0.815 bits per heavy atom. The lowest BCUT2D eigenvalue weighted by Gasteiger charge is -2.10. The van der Waals surface area contributed by atoms with Crippen LogP contribution in [0.4, 0.5) is 5.69 Å². The van der Waals surface area contributed by atoms with Crippen molar-refractivity contribution in [1.29, 1.82) is 0 Å². The first-order chi connectivity index (χ1) is 13.2. The normalized spacial score (nSPS) is 10.3. The van der Waals surface area contributed by atoms with Gasteiger partial charge < -0.3 is 14.8 Å². The average Bonchev–Trinajstić information content (AvgIpc) is 2.72. The molecule has 0 aliphatic heterocycles. The summed E-state index contributed by atoms with van der Waals surface area (Å²) in [6, 6.07) is 25.1. The number of nitrogens with one attached hydrogen (secondary N) is 1. The van der Waals surface area contributed by atoms with Gasteiger partial charge in [-0.1, -0.05) is 49.4 Å². The molecule has 0 aromatic heterocycles. The Labute approximate surface area is 159 Å². The predicted molar refractivity (Wildman–Crippen MR) is 107 cm³/mol. The third kappa shape index (κ3) is 5.89. The molecule has 0 aliphatic rings. The minimum absolute atomic E-state index is 0.0411. The number of anilines is 1. The van der Waals surface area contributed by atoms with Crippen LogP contribution >= 0.6 is 0 Å². The fraction of sp³-hybridized carbons (Fsp3) is 0.174. The lowest BCUT2D eigenvalue weighted by molar-refractivity contribution is -0.118. The third-order valence-corrected chi connectivity index (χ3v) is 4.06. The standard InChI is InChI=1S/C23H23NO3/c1-2-18-9-6-10-20(15-18)24-23(25)17-27-22-13-11-21(12-14-22)26-16-19-7-4-3-5-8-19/h3-15H,2,16-17H2,1H3,(H,24,25). The highest BCUT2D eigenvalue weighted by Crippen LogP contribution is 2.19. The summed E-state index contributed by atoms with van der Waals surface area (Å²) in [5.74, 6) is 1.19. The molecular formula is C23H23NO3. The number of carbonyl (C=O) groups is 1. The SMILES string of the molecule is CCc1cccc(NC(=O)COc2ccc(OCc3ccccc3)cc2)c1. The molecule has 0 saturated carbocycles. The van der Waals surface area contributed by atoms with E-state index in [1.54, 1.807) is 12.1 Å². The quantitative estimate of drug-likeness (QED) is 0.624. The summed E-state index contributed by atoms with van der Waals surface area (Å²) in [5.41, 5.74) is 3.08. The van der Waals surface area contributed by atoms with Gasteiger partial charge in [0.25, 0.3) is 5.91 Å². The smallest absolute Gasteiger partial charge is 0.262 e. The van der Waals surface area contributed by atoms with E-state index < -0.39 is 0 Å². The number of rotatable bonds is 8. The molecule has 0 atom stereocenters. The molecule has 0 fully saturated rings. The van der Waals surface area contributed by atoms with Crippen LogP contribution in [0.1, 0.15) is 18.1 Å². The van der Waals surface area contributed by atoms with Gasteiger partial charge in [0.1, 0.15) is 18.1 Å². The number of benzene rings is 3. The van der Waals surface area contributed by atoms with Crippen LogP contribution in [-0.4, -0.2) is 12.5 Å². The average molecular weight is 361 g/mol. The Morgan fingerprint density at radius 2 is 1.48 bits per heavy atom. The lowest BCUT2D eigenvalue weighted by Crippen LogP contribution is -2.20. The maximum Gasteiger partial charge on any atom is 0.262 e. The zero-order valence-electron chi connectivity index (χ0n) is 15.4. The summed E-state index contributed by atoms with van der Waals surface area (Å²) in [7, 11) is 0. The zero-order valence-corrected chi connectivity index (χ0v) is 15.4. The first-order valence-electron chi connectivity index (χ1n) is 9.01. The van der Waals surface area contributed by atoms with Gasteiger partial charge in [-0.25, -0.2) is 0 Å². The predicted octanol–water partition coefficient (Wildman–Crippen LogP) is 4.85. The van der Waals surface area contributed by atoms with E-state index in [2.05, 4.69) is 12.2 Å². The molecule has 0 saturated heterocycles. The molecule has 3 aromatic rings. The molecular weight excluding hydrogens is 338 g/mol. The Balaban J connectivity index is 1.46. The van der Waals surface area contributed by atoms with Crippen LogP contribution in [0.3, 0.4) is 0 Å². The molecule has 138 valence electrons. The van der Waals surface area contributed by atoms with Crippen molar-refractivity contribution in [2.45, 2.75) is 20.0 Å². The van der Waals surface area contributed by atoms with Gasteiger partial charge in [-0.15, -0.1) is 0 Å². The molecule has 0 aliphatic carbocycles. The Kier molecular flexibility index (Phi) is 6.47. The minimum Gasteiger partial charge on any atom is -0.489 e. The monoisotopic (exact) mass is 361 g/mol. The van der Waals surface area contributed by atoms with Crippen molar-refractivity contribution in [2.24, 2.45) is 0 Å². The second-order valence-electron chi connectivity index (χ2n) is 6.14. The van der Waals surface area contributed by atoms with Crippen molar-refractivity contribution in [3.63, 3.8) is 0 Å². The summed E-state index contributed by atoms with van der Waals surface area (Å²) < 4.78 is 11.3. The van der Waals surface area contributed by atoms with Crippen molar-refractivity contribution in [3.05, 3.63) is 90.0 Å². The molecule has 0 heterocycles. The van der Waals surface area contributed by atoms with Crippen LogP contribution in [0.15, 0.2) is 78.9 Å². The number of aryl methyl sites for hydroxylation is 1. The molecule has 1 N–H and O–H groups in total. The summed E-state index contributed by atoms with van der Waals surface area (Å²) >= 11 is 0. The molecule has 3 aromatic carbocycles. The number of carbonyl (C=O) groups excluding carboxylic acids is 1. The first kappa shape index (κ1) is 18.5. The summed E-state index contributed by atoms with van der Waals surface area (Å²) in [6.07, 6.45) is 0.929. The fourth-order valence-corrected chi connectivity index (χ4v) is 2.59. The van der Waals surface area contributed by atoms with Crippen molar-refractivity contribution < 1.29 is 14.3 Å². The number of amides is 1. The van der Waals surface area contributed by atoms with E-state index in [9.17, 15) is 4.79 Å². The molecule has 1 amide bonds. The van der Waals surface area contributed by atoms with Gasteiger partial charge in [-0.05, 0) is 53.9 Å². The van der Waals surface area contributed by atoms with Crippen LogP contribution in [0.5, 0.6) is 11.5 Å². The van der Waals surface area contributed by atoms with E-state index >= 15 is 0 Å². The third-order valence-electron chi connectivity index (χ3n) is 4.06. The largest absolute Gasteiger partial charge is 0.489 e. The van der Waals surface area contributed by atoms with Gasteiger partial charge in [-0.3, -0.25) is 4.79 Å². The number of hydrogen-bond acceptors (Lipinski definition) is 3. The maximum atomic E-state index is 12.1. The van der Waals surface area contributed by atoms with E-state index in [0.717, 1.165) is 23.4 Å². The van der Waals surface area contributed by atoms with Crippen LogP contribution < -0.4 is 14.8 Å². The first-order valence-corrected chi connectivity index (χ1v) is 9.01. The highest BCUT2D eigenvalue weighted by molar-refractivity contribution is 5.91. The highest BCUT2D eigenvalue weighted by atomic mass is 16.5. The van der Waals surface area contributed by atoms with E-state index in [1.165, 1.54) is 5.56 Å². The highest BCUT2D eigenvalue weighted by Gasteiger charge is 2.05.